The van der Waals surface area contributed by atoms with E-state index < -0.39 is 5.91 Å². The molecule has 0 spiro atoms. The maximum Gasteiger partial charge on any atom is 0.0588 e. The largest absolute Gasteiger partial charge is 0.667 e. The van der Waals surface area contributed by atoms with Crippen LogP contribution in [0.1, 0.15) is 0 Å². The van der Waals surface area contributed by atoms with Crippen molar-refractivity contribution in [1.82, 2.24) is 0 Å². The zero-order valence-electron chi connectivity index (χ0n) is 5.99. The minimum Gasteiger partial charge on any atom is -0.667 e. The number of thioether (sulfide) groups is 1. The van der Waals surface area contributed by atoms with Crippen molar-refractivity contribution >= 4 is 17.7 Å². The molecule has 4 heteroatoms. The van der Waals surface area contributed by atoms with Crippen molar-refractivity contribution in [2.45, 2.75) is 5.25 Å². The van der Waals surface area contributed by atoms with Gasteiger partial charge < -0.3 is 10.5 Å². The number of rotatable bonds is 3. The molecule has 0 saturated carbocycles. The second kappa shape index (κ2) is 5.98. The first kappa shape index (κ1) is 11.4. The number of carbonyl (C=O) groups excluding carboxylic acids is 1. The normalized spacial score (nSPS) is 14.9. The van der Waals surface area contributed by atoms with Gasteiger partial charge in [0, 0.05) is 43.7 Å². The van der Waals surface area contributed by atoms with E-state index in [0.29, 0.717) is 11.0 Å². The Hall–Kier alpha value is 0.404. The van der Waals surface area contributed by atoms with Crippen molar-refractivity contribution in [3.8, 4) is 0 Å². The molecule has 1 rings (SSSR count). The summed E-state index contributed by atoms with van der Waals surface area (Å²) in [6, 6.07) is 0. The number of nitrogens with one attached hydrogen (secondary N) is 1. The summed E-state index contributed by atoms with van der Waals surface area (Å²) in [6.07, 6.45) is 7.92. The molecule has 0 atom stereocenters. The molecule has 0 aromatic carbocycles. The van der Waals surface area contributed by atoms with Crippen molar-refractivity contribution in [1.29, 1.82) is 0 Å². The first-order chi connectivity index (χ1) is 4.79. The number of hydrogen-bond acceptors (Lipinski definition) is 2. The van der Waals surface area contributed by atoms with Crippen molar-refractivity contribution in [3.63, 3.8) is 0 Å². The summed E-state index contributed by atoms with van der Waals surface area (Å²) in [4.78, 5) is 10.2. The molecular formula is C7H8NOSY-. The van der Waals surface area contributed by atoms with Crippen molar-refractivity contribution in [3.05, 3.63) is 30.0 Å². The number of amides is 1. The van der Waals surface area contributed by atoms with Gasteiger partial charge in [-0.3, -0.25) is 0 Å². The molecule has 1 aliphatic rings. The fraction of sp³-hybridized carbons (Fsp3) is 0.286. The van der Waals surface area contributed by atoms with Gasteiger partial charge in [-0.2, -0.15) is 0 Å². The van der Waals surface area contributed by atoms with Gasteiger partial charge in [0.15, 0.2) is 0 Å². The van der Waals surface area contributed by atoms with Crippen molar-refractivity contribution in [2.75, 3.05) is 5.75 Å². The predicted molar refractivity (Wildman–Crippen MR) is 43.9 cm³/mol. The molecule has 1 aliphatic carbocycles. The van der Waals surface area contributed by atoms with Crippen LogP contribution in [0.3, 0.4) is 0 Å². The summed E-state index contributed by atoms with van der Waals surface area (Å²) in [6.45, 7) is 0. The molecule has 57 valence electrons. The average molecular weight is 243 g/mol. The van der Waals surface area contributed by atoms with E-state index in [2.05, 4.69) is 0 Å². The number of carbonyl (C=O) groups is 1. The van der Waals surface area contributed by atoms with Gasteiger partial charge in [0.2, 0.25) is 0 Å². The zero-order chi connectivity index (χ0) is 7.40. The second-order valence-electron chi connectivity index (χ2n) is 1.97. The van der Waals surface area contributed by atoms with E-state index >= 15 is 0 Å². The van der Waals surface area contributed by atoms with Crippen LogP contribution in [0, 0.1) is 0 Å². The summed E-state index contributed by atoms with van der Waals surface area (Å²) in [5, 5.41) is 0.314. The zero-order valence-corrected chi connectivity index (χ0v) is 9.64. The van der Waals surface area contributed by atoms with Crippen LogP contribution in [0.5, 0.6) is 0 Å². The van der Waals surface area contributed by atoms with E-state index in [1.54, 1.807) is 0 Å². The summed E-state index contributed by atoms with van der Waals surface area (Å²) < 4.78 is 0. The van der Waals surface area contributed by atoms with Gasteiger partial charge in [-0.25, -0.2) is 0 Å². The molecule has 0 bridgehead atoms. The van der Waals surface area contributed by atoms with Crippen LogP contribution >= 0.6 is 11.8 Å². The SMILES string of the molecule is [NH-]C(=O)CSC1C=CC=C1.[Y]. The Labute approximate surface area is 95.6 Å². The Bertz CT molecular complexity index is 179. The molecule has 1 N–H and O–H groups in total. The summed E-state index contributed by atoms with van der Waals surface area (Å²) in [5.41, 5.74) is 6.63. The van der Waals surface area contributed by atoms with Crippen molar-refractivity contribution in [2.24, 2.45) is 0 Å². The molecule has 1 amide bonds. The minimum absolute atomic E-state index is 0. The van der Waals surface area contributed by atoms with Crippen LogP contribution in [0.4, 0.5) is 0 Å². The molecule has 0 heterocycles. The molecule has 0 saturated heterocycles. The number of allylic oxidation sites excluding steroid dienone is 2. The average Bonchev–Trinajstić information content (AvgIpc) is 2.34. The van der Waals surface area contributed by atoms with Crippen LogP contribution in [0.15, 0.2) is 24.3 Å². The standard InChI is InChI=1S/C7H9NOS.Y/c8-7(9)5-10-6-3-1-2-4-6;/h1-4,6H,5H2,(H2,8,9);/p-1. The fourth-order valence-corrected chi connectivity index (χ4v) is 1.44. The molecule has 11 heavy (non-hydrogen) atoms. The van der Waals surface area contributed by atoms with Crippen LogP contribution in [-0.4, -0.2) is 16.9 Å². The fourth-order valence-electron chi connectivity index (χ4n) is 0.694. The maximum atomic E-state index is 10.2. The molecule has 1 radical (unpaired) electrons. The van der Waals surface area contributed by atoms with Gasteiger partial charge in [0.1, 0.15) is 0 Å². The van der Waals surface area contributed by atoms with E-state index in [1.807, 2.05) is 24.3 Å². The Morgan fingerprint density at radius 2 is 2.00 bits per heavy atom. The van der Waals surface area contributed by atoms with E-state index in [0.717, 1.165) is 0 Å². The molecule has 0 aromatic rings. The Morgan fingerprint density at radius 3 is 2.45 bits per heavy atom. The molecule has 0 fully saturated rings. The maximum absolute atomic E-state index is 10.2. The second-order valence-corrected chi connectivity index (χ2v) is 3.13. The van der Waals surface area contributed by atoms with Gasteiger partial charge in [-0.1, -0.05) is 24.3 Å². The number of hydrogen-bond donors (Lipinski definition) is 0. The first-order valence-corrected chi connectivity index (χ1v) is 4.05. The van der Waals surface area contributed by atoms with Gasteiger partial charge in [-0.15, -0.1) is 11.8 Å². The van der Waals surface area contributed by atoms with Crippen molar-refractivity contribution < 1.29 is 37.5 Å². The Morgan fingerprint density at radius 1 is 1.45 bits per heavy atom. The quantitative estimate of drug-likeness (QED) is 0.758. The van der Waals surface area contributed by atoms with E-state index in [1.165, 1.54) is 11.8 Å². The molecule has 0 aromatic heterocycles. The Balaban J connectivity index is 0.000001000. The Kier molecular flexibility index (Phi) is 6.20. The van der Waals surface area contributed by atoms with E-state index in [-0.39, 0.29) is 32.7 Å². The predicted octanol–water partition coefficient (Wildman–Crippen LogP) is 1.79. The minimum atomic E-state index is -0.501. The van der Waals surface area contributed by atoms with E-state index in [4.69, 9.17) is 5.73 Å². The smallest absolute Gasteiger partial charge is 0.0588 e. The summed E-state index contributed by atoms with van der Waals surface area (Å²) in [7, 11) is 0. The van der Waals surface area contributed by atoms with Crippen LogP contribution in [0.2, 0.25) is 0 Å². The van der Waals surface area contributed by atoms with E-state index in [9.17, 15) is 4.79 Å². The van der Waals surface area contributed by atoms with Crippen LogP contribution < -0.4 is 0 Å². The van der Waals surface area contributed by atoms with Gasteiger partial charge in [-0.05, 0) is 0 Å². The van der Waals surface area contributed by atoms with Gasteiger partial charge in [0.25, 0.3) is 0 Å². The molecular weight excluding hydrogens is 235 g/mol. The third-order valence-electron chi connectivity index (χ3n) is 1.12. The van der Waals surface area contributed by atoms with Crippen LogP contribution in [-0.2, 0) is 37.5 Å². The van der Waals surface area contributed by atoms with Gasteiger partial charge >= 0.3 is 0 Å². The molecule has 0 aliphatic heterocycles. The summed E-state index contributed by atoms with van der Waals surface area (Å²) in [5.74, 6) is -0.210. The van der Waals surface area contributed by atoms with Gasteiger partial charge in [0.05, 0.1) is 5.91 Å². The molecule has 2 nitrogen and oxygen atoms in total. The first-order valence-electron chi connectivity index (χ1n) is 3.00. The monoisotopic (exact) mass is 243 g/mol. The van der Waals surface area contributed by atoms with Crippen LogP contribution in [0.25, 0.3) is 5.73 Å². The third kappa shape index (κ3) is 4.78. The summed E-state index contributed by atoms with van der Waals surface area (Å²) >= 11 is 1.48. The molecule has 0 unspecified atom stereocenters. The third-order valence-corrected chi connectivity index (χ3v) is 2.25. The topological polar surface area (TPSA) is 40.9 Å².